The molecule has 2 rings (SSSR count). The molecule has 0 radical (unpaired) electrons. The van der Waals surface area contributed by atoms with Gasteiger partial charge in [0.15, 0.2) is 5.78 Å². The third-order valence-electron chi connectivity index (χ3n) is 3.89. The summed E-state index contributed by atoms with van der Waals surface area (Å²) < 4.78 is 12.2. The normalized spacial score (nSPS) is 13.5. The number of hydrogen-bond acceptors (Lipinski definition) is 4. The number of benzene rings is 2. The van der Waals surface area contributed by atoms with Crippen molar-refractivity contribution in [2.45, 2.75) is 52.0 Å². The Morgan fingerprint density at radius 1 is 1.07 bits per heavy atom. The van der Waals surface area contributed by atoms with Crippen LogP contribution in [0.4, 0.5) is 4.79 Å². The van der Waals surface area contributed by atoms with Crippen molar-refractivity contribution in [3.63, 3.8) is 0 Å². The predicted octanol–water partition coefficient (Wildman–Crippen LogP) is 4.97. The van der Waals surface area contributed by atoms with Gasteiger partial charge >= 0.3 is 6.09 Å². The minimum absolute atomic E-state index is 0.218. The molecule has 0 saturated carbocycles. The average Bonchev–Trinajstić information content (AvgIpc) is 2.63. The van der Waals surface area contributed by atoms with E-state index in [1.807, 2.05) is 42.5 Å². The number of alkyl carbamates (subject to hydrolysis) is 1. The minimum atomic E-state index is -0.864. The molecule has 0 aliphatic heterocycles. The lowest BCUT2D eigenvalue weighted by Crippen LogP contribution is -2.50. The molecular formula is C22H26INO4. The summed E-state index contributed by atoms with van der Waals surface area (Å²) in [4.78, 5) is 25.4. The lowest BCUT2D eigenvalue weighted by atomic mass is 10.0. The van der Waals surface area contributed by atoms with Crippen LogP contribution in [0, 0.1) is 3.57 Å². The topological polar surface area (TPSA) is 64.6 Å². The fraction of sp³-hybridized carbons (Fsp3) is 0.364. The van der Waals surface area contributed by atoms with Crippen LogP contribution in [-0.2, 0) is 16.1 Å². The van der Waals surface area contributed by atoms with Crippen molar-refractivity contribution in [3.05, 3.63) is 69.3 Å². The number of nitrogens with one attached hydrogen (secondary N) is 1. The quantitative estimate of drug-likeness (QED) is 0.435. The van der Waals surface area contributed by atoms with E-state index in [1.54, 1.807) is 39.8 Å². The van der Waals surface area contributed by atoms with E-state index < -0.39 is 23.8 Å². The third-order valence-corrected chi connectivity index (χ3v) is 4.56. The van der Waals surface area contributed by atoms with Gasteiger partial charge < -0.3 is 14.8 Å². The fourth-order valence-electron chi connectivity index (χ4n) is 2.55. The Labute approximate surface area is 179 Å². The molecular weight excluding hydrogens is 469 g/mol. The minimum Gasteiger partial charge on any atom is -0.444 e. The maximum atomic E-state index is 13.1. The highest BCUT2D eigenvalue weighted by atomic mass is 127. The largest absolute Gasteiger partial charge is 0.444 e. The number of ketones is 1. The summed E-state index contributed by atoms with van der Waals surface area (Å²) in [7, 11) is 0. The van der Waals surface area contributed by atoms with Crippen molar-refractivity contribution in [1.29, 1.82) is 0 Å². The van der Waals surface area contributed by atoms with Crippen molar-refractivity contribution in [2.75, 3.05) is 0 Å². The summed E-state index contributed by atoms with van der Waals surface area (Å²) in [6, 6.07) is 16.1. The molecule has 6 heteroatoms. The Morgan fingerprint density at radius 2 is 1.75 bits per heavy atom. The molecule has 2 aromatic carbocycles. The lowest BCUT2D eigenvalue weighted by Gasteiger charge is -2.27. The fourth-order valence-corrected chi connectivity index (χ4v) is 3.09. The van der Waals surface area contributed by atoms with Gasteiger partial charge in [-0.3, -0.25) is 4.79 Å². The first kappa shape index (κ1) is 22.4. The number of halogens is 1. The third kappa shape index (κ3) is 7.24. The Hall–Kier alpha value is -1.93. The van der Waals surface area contributed by atoms with Crippen LogP contribution in [-0.4, -0.2) is 29.6 Å². The van der Waals surface area contributed by atoms with E-state index in [2.05, 4.69) is 27.9 Å². The van der Waals surface area contributed by atoms with Crippen LogP contribution in [0.2, 0.25) is 0 Å². The average molecular weight is 495 g/mol. The van der Waals surface area contributed by atoms with E-state index in [1.165, 1.54) is 0 Å². The van der Waals surface area contributed by atoms with Gasteiger partial charge in [-0.1, -0.05) is 42.5 Å². The van der Waals surface area contributed by atoms with Crippen LogP contribution in [0.15, 0.2) is 54.6 Å². The second kappa shape index (κ2) is 10.0. The van der Waals surface area contributed by atoms with E-state index in [0.29, 0.717) is 12.2 Å². The smallest absolute Gasteiger partial charge is 0.408 e. The summed E-state index contributed by atoms with van der Waals surface area (Å²) in [5, 5.41) is 2.69. The highest BCUT2D eigenvalue weighted by Crippen LogP contribution is 2.15. The molecule has 1 N–H and O–H groups in total. The number of ether oxygens (including phenoxy) is 2. The maximum Gasteiger partial charge on any atom is 0.408 e. The molecule has 0 heterocycles. The molecule has 0 aromatic heterocycles. The molecule has 2 aromatic rings. The number of carbonyl (C=O) groups excluding carboxylic acids is 2. The molecule has 5 nitrogen and oxygen atoms in total. The van der Waals surface area contributed by atoms with Crippen molar-refractivity contribution >= 4 is 34.5 Å². The Bertz CT molecular complexity index is 802. The zero-order chi connectivity index (χ0) is 20.7. The van der Waals surface area contributed by atoms with E-state index in [9.17, 15) is 9.59 Å². The summed E-state index contributed by atoms with van der Waals surface area (Å²) in [6.07, 6.45) is -1.19. The predicted molar refractivity (Wildman–Crippen MR) is 117 cm³/mol. The molecule has 0 aliphatic rings. The molecule has 1 unspecified atom stereocenters. The summed E-state index contributed by atoms with van der Waals surface area (Å²) >= 11 is 2.15. The van der Waals surface area contributed by atoms with Gasteiger partial charge in [-0.05, 0) is 68.0 Å². The molecule has 2 atom stereocenters. The molecule has 1 amide bonds. The summed E-state index contributed by atoms with van der Waals surface area (Å²) in [5.74, 6) is -0.218. The van der Waals surface area contributed by atoms with Crippen LogP contribution >= 0.6 is 22.6 Å². The standard InChI is InChI=1S/C22H26INO4/c1-15(27-14-16-9-6-5-7-10-16)19(24-21(26)28-22(2,3)4)20(25)17-11-8-12-18(23)13-17/h5-13,15,19H,14H2,1-4H3,(H,24,26)/t15?,19-/m0/s1. The SMILES string of the molecule is CC(OCc1ccccc1)[C@H](NC(=O)OC(C)(C)C)C(=O)c1cccc(I)c1. The molecule has 0 fully saturated rings. The highest BCUT2D eigenvalue weighted by molar-refractivity contribution is 14.1. The number of hydrogen-bond donors (Lipinski definition) is 1. The molecule has 0 bridgehead atoms. The monoisotopic (exact) mass is 495 g/mol. The van der Waals surface area contributed by atoms with Crippen LogP contribution in [0.3, 0.4) is 0 Å². The van der Waals surface area contributed by atoms with E-state index in [-0.39, 0.29) is 5.78 Å². The lowest BCUT2D eigenvalue weighted by molar-refractivity contribution is 0.0156. The Kier molecular flexibility index (Phi) is 8.00. The molecule has 0 aliphatic carbocycles. The Morgan fingerprint density at radius 3 is 2.36 bits per heavy atom. The van der Waals surface area contributed by atoms with Crippen molar-refractivity contribution in [3.8, 4) is 0 Å². The van der Waals surface area contributed by atoms with Crippen molar-refractivity contribution in [1.82, 2.24) is 5.32 Å². The Balaban J connectivity index is 2.16. The number of amides is 1. The van der Waals surface area contributed by atoms with Gasteiger partial charge in [0.1, 0.15) is 11.6 Å². The summed E-state index contributed by atoms with van der Waals surface area (Å²) in [6.45, 7) is 7.44. The second-order valence-corrected chi connectivity index (χ2v) is 8.75. The zero-order valence-corrected chi connectivity index (χ0v) is 18.7. The highest BCUT2D eigenvalue weighted by Gasteiger charge is 2.30. The number of rotatable bonds is 7. The van der Waals surface area contributed by atoms with Gasteiger partial charge in [-0.25, -0.2) is 4.79 Å². The molecule has 0 spiro atoms. The molecule has 28 heavy (non-hydrogen) atoms. The van der Waals surface area contributed by atoms with Gasteiger partial charge in [0, 0.05) is 9.13 Å². The van der Waals surface area contributed by atoms with Gasteiger partial charge in [0.2, 0.25) is 0 Å². The van der Waals surface area contributed by atoms with Gasteiger partial charge in [-0.2, -0.15) is 0 Å². The van der Waals surface area contributed by atoms with Crippen LogP contribution in [0.5, 0.6) is 0 Å². The first-order valence-corrected chi connectivity index (χ1v) is 10.2. The van der Waals surface area contributed by atoms with Crippen LogP contribution in [0.1, 0.15) is 43.6 Å². The van der Waals surface area contributed by atoms with Gasteiger partial charge in [-0.15, -0.1) is 0 Å². The first-order chi connectivity index (χ1) is 13.2. The van der Waals surface area contributed by atoms with Crippen molar-refractivity contribution < 1.29 is 19.1 Å². The first-order valence-electron chi connectivity index (χ1n) is 9.10. The van der Waals surface area contributed by atoms with Gasteiger partial charge in [0.25, 0.3) is 0 Å². The van der Waals surface area contributed by atoms with Crippen LogP contribution in [0.25, 0.3) is 0 Å². The maximum absolute atomic E-state index is 13.1. The van der Waals surface area contributed by atoms with E-state index >= 15 is 0 Å². The van der Waals surface area contributed by atoms with Crippen molar-refractivity contribution in [2.24, 2.45) is 0 Å². The second-order valence-electron chi connectivity index (χ2n) is 7.50. The van der Waals surface area contributed by atoms with Crippen LogP contribution < -0.4 is 5.32 Å². The van der Waals surface area contributed by atoms with E-state index in [0.717, 1.165) is 9.13 Å². The number of Topliss-reactive ketones (excluding diaryl/α,β-unsaturated/α-hetero) is 1. The molecule has 150 valence electrons. The zero-order valence-electron chi connectivity index (χ0n) is 16.6. The van der Waals surface area contributed by atoms with Gasteiger partial charge in [0.05, 0.1) is 12.7 Å². The number of carbonyl (C=O) groups is 2. The summed E-state index contributed by atoms with van der Waals surface area (Å²) in [5.41, 5.74) is 0.851. The molecule has 0 saturated heterocycles. The van der Waals surface area contributed by atoms with E-state index in [4.69, 9.17) is 9.47 Å².